The minimum atomic E-state index is -0.761. The Morgan fingerprint density at radius 1 is 1.45 bits per heavy atom. The molecule has 1 aromatic carbocycles. The zero-order chi connectivity index (χ0) is 13.8. The molecule has 20 heavy (non-hydrogen) atoms. The monoisotopic (exact) mass is 305 g/mol. The number of amides is 1. The molecule has 2 rings (SSSR count). The Balaban J connectivity index is 0.00000200. The molecule has 1 amide bonds. The average Bonchev–Trinajstić information content (AvgIpc) is 2.80. The van der Waals surface area contributed by atoms with Gasteiger partial charge in [-0.25, -0.2) is 8.78 Å². The van der Waals surface area contributed by atoms with E-state index < -0.39 is 11.6 Å². The lowest BCUT2D eigenvalue weighted by molar-refractivity contribution is -0.117. The fraction of sp³-hybridized carbons (Fsp3) is 0.462. The Morgan fingerprint density at radius 2 is 2.20 bits per heavy atom. The van der Waals surface area contributed by atoms with Crippen LogP contribution in [0.5, 0.6) is 0 Å². The molecule has 1 unspecified atom stereocenters. The Morgan fingerprint density at radius 3 is 2.80 bits per heavy atom. The average molecular weight is 306 g/mol. The molecular formula is C13H18ClF2N3O. The molecule has 0 saturated carbocycles. The van der Waals surface area contributed by atoms with Gasteiger partial charge in [0, 0.05) is 25.2 Å². The minimum Gasteiger partial charge on any atom is -0.322 e. The first kappa shape index (κ1) is 16.8. The van der Waals surface area contributed by atoms with Crippen molar-refractivity contribution in [1.82, 2.24) is 10.2 Å². The molecule has 1 heterocycles. The fourth-order valence-electron chi connectivity index (χ4n) is 2.20. The van der Waals surface area contributed by atoms with E-state index in [-0.39, 0.29) is 30.5 Å². The summed E-state index contributed by atoms with van der Waals surface area (Å²) in [5, 5.41) is 5.61. The molecule has 2 N–H and O–H groups in total. The number of anilines is 1. The van der Waals surface area contributed by atoms with Crippen molar-refractivity contribution in [2.45, 2.75) is 12.5 Å². The fourth-order valence-corrected chi connectivity index (χ4v) is 2.20. The standard InChI is InChI=1S/C13H17F2N3O.ClH/c1-16-10-4-5-18(7-10)8-13(19)17-12-3-2-9(14)6-11(12)15;/h2-3,6,10,16H,4-5,7-8H2,1H3,(H,17,19);1H. The van der Waals surface area contributed by atoms with Crippen molar-refractivity contribution in [2.24, 2.45) is 0 Å². The molecule has 1 aliphatic heterocycles. The maximum Gasteiger partial charge on any atom is 0.238 e. The molecule has 1 atom stereocenters. The van der Waals surface area contributed by atoms with Crippen LogP contribution >= 0.6 is 12.4 Å². The summed E-state index contributed by atoms with van der Waals surface area (Å²) in [5.41, 5.74) is 0.00997. The van der Waals surface area contributed by atoms with E-state index in [0.29, 0.717) is 6.04 Å². The number of carbonyl (C=O) groups excluding carboxylic acids is 1. The van der Waals surface area contributed by atoms with Crippen molar-refractivity contribution >= 4 is 24.0 Å². The number of carbonyl (C=O) groups is 1. The smallest absolute Gasteiger partial charge is 0.238 e. The van der Waals surface area contributed by atoms with Crippen LogP contribution in [0.2, 0.25) is 0 Å². The number of hydrogen-bond donors (Lipinski definition) is 2. The second-order valence-electron chi connectivity index (χ2n) is 4.68. The summed E-state index contributed by atoms with van der Waals surface area (Å²) in [6, 6.07) is 3.49. The minimum absolute atomic E-state index is 0. The quantitative estimate of drug-likeness (QED) is 0.888. The van der Waals surface area contributed by atoms with Crippen LogP contribution in [0.4, 0.5) is 14.5 Å². The third-order valence-corrected chi connectivity index (χ3v) is 3.25. The zero-order valence-corrected chi connectivity index (χ0v) is 12.0. The van der Waals surface area contributed by atoms with Crippen LogP contribution < -0.4 is 10.6 Å². The van der Waals surface area contributed by atoms with Gasteiger partial charge in [-0.05, 0) is 25.6 Å². The predicted molar refractivity (Wildman–Crippen MR) is 76.1 cm³/mol. The topological polar surface area (TPSA) is 44.4 Å². The van der Waals surface area contributed by atoms with Gasteiger partial charge in [-0.3, -0.25) is 9.69 Å². The summed E-state index contributed by atoms with van der Waals surface area (Å²) in [4.78, 5) is 13.8. The Hall–Kier alpha value is -1.24. The molecule has 112 valence electrons. The second kappa shape index (κ2) is 7.52. The maximum absolute atomic E-state index is 13.4. The number of halogens is 3. The third kappa shape index (κ3) is 4.40. The van der Waals surface area contributed by atoms with Crippen LogP contribution in [0, 0.1) is 11.6 Å². The largest absolute Gasteiger partial charge is 0.322 e. The molecule has 1 saturated heterocycles. The highest BCUT2D eigenvalue weighted by molar-refractivity contribution is 5.92. The SMILES string of the molecule is CNC1CCN(CC(=O)Nc2ccc(F)cc2F)C1.Cl. The molecular weight excluding hydrogens is 288 g/mol. The van der Waals surface area contributed by atoms with Gasteiger partial charge in [-0.1, -0.05) is 0 Å². The van der Waals surface area contributed by atoms with Crippen LogP contribution in [0.15, 0.2) is 18.2 Å². The summed E-state index contributed by atoms with van der Waals surface area (Å²) in [7, 11) is 1.89. The lowest BCUT2D eigenvalue weighted by Crippen LogP contribution is -2.34. The van der Waals surface area contributed by atoms with Crippen LogP contribution in [0.1, 0.15) is 6.42 Å². The Labute approximate surface area is 122 Å². The van der Waals surface area contributed by atoms with Crippen molar-refractivity contribution in [1.29, 1.82) is 0 Å². The molecule has 1 aliphatic rings. The predicted octanol–water partition coefficient (Wildman–Crippen LogP) is 1.62. The zero-order valence-electron chi connectivity index (χ0n) is 11.2. The molecule has 0 bridgehead atoms. The maximum atomic E-state index is 13.4. The molecule has 0 aliphatic carbocycles. The summed E-state index contributed by atoms with van der Waals surface area (Å²) >= 11 is 0. The third-order valence-electron chi connectivity index (χ3n) is 3.25. The number of likely N-dealkylation sites (N-methyl/N-ethyl adjacent to an activating group) is 1. The lowest BCUT2D eigenvalue weighted by atomic mass is 10.3. The Kier molecular flexibility index (Phi) is 6.32. The van der Waals surface area contributed by atoms with Gasteiger partial charge in [0.05, 0.1) is 12.2 Å². The number of nitrogens with one attached hydrogen (secondary N) is 2. The van der Waals surface area contributed by atoms with Gasteiger partial charge in [0.1, 0.15) is 11.6 Å². The van der Waals surface area contributed by atoms with Gasteiger partial charge in [0.25, 0.3) is 0 Å². The van der Waals surface area contributed by atoms with Crippen LogP contribution in [-0.2, 0) is 4.79 Å². The number of rotatable bonds is 4. The van der Waals surface area contributed by atoms with Crippen LogP contribution in [0.3, 0.4) is 0 Å². The molecule has 1 aromatic rings. The Bertz CT molecular complexity index is 473. The lowest BCUT2D eigenvalue weighted by Gasteiger charge is -2.15. The van der Waals surface area contributed by atoms with Crippen LogP contribution in [-0.4, -0.2) is 43.5 Å². The highest BCUT2D eigenvalue weighted by Crippen LogP contribution is 2.15. The summed E-state index contributed by atoms with van der Waals surface area (Å²) in [5.74, 6) is -1.71. The van der Waals surface area contributed by atoms with Gasteiger partial charge in [0.2, 0.25) is 5.91 Å². The van der Waals surface area contributed by atoms with E-state index in [4.69, 9.17) is 0 Å². The van der Waals surface area contributed by atoms with Gasteiger partial charge in [0.15, 0.2) is 0 Å². The summed E-state index contributed by atoms with van der Waals surface area (Å²) in [6.45, 7) is 1.86. The highest BCUT2D eigenvalue weighted by Gasteiger charge is 2.22. The van der Waals surface area contributed by atoms with E-state index in [1.165, 1.54) is 6.07 Å². The van der Waals surface area contributed by atoms with Gasteiger partial charge in [-0.15, -0.1) is 12.4 Å². The van der Waals surface area contributed by atoms with Gasteiger partial charge < -0.3 is 10.6 Å². The first-order chi connectivity index (χ1) is 9.08. The van der Waals surface area contributed by atoms with Crippen LogP contribution in [0.25, 0.3) is 0 Å². The van der Waals surface area contributed by atoms with Crippen molar-refractivity contribution in [3.05, 3.63) is 29.8 Å². The van der Waals surface area contributed by atoms with E-state index in [1.54, 1.807) is 0 Å². The van der Waals surface area contributed by atoms with E-state index in [9.17, 15) is 13.6 Å². The molecule has 0 aromatic heterocycles. The molecule has 0 radical (unpaired) electrons. The van der Waals surface area contributed by atoms with E-state index >= 15 is 0 Å². The first-order valence-electron chi connectivity index (χ1n) is 6.23. The van der Waals surface area contributed by atoms with Gasteiger partial charge in [-0.2, -0.15) is 0 Å². The molecule has 1 fully saturated rings. The molecule has 4 nitrogen and oxygen atoms in total. The van der Waals surface area contributed by atoms with Crippen molar-refractivity contribution in [2.75, 3.05) is 32.0 Å². The van der Waals surface area contributed by atoms with Gasteiger partial charge >= 0.3 is 0 Å². The normalized spacial score (nSPS) is 18.6. The summed E-state index contributed by atoms with van der Waals surface area (Å²) in [6.07, 6.45) is 0.995. The first-order valence-corrected chi connectivity index (χ1v) is 6.23. The number of hydrogen-bond acceptors (Lipinski definition) is 3. The highest BCUT2D eigenvalue weighted by atomic mass is 35.5. The second-order valence-corrected chi connectivity index (χ2v) is 4.68. The molecule has 7 heteroatoms. The molecule has 0 spiro atoms. The summed E-state index contributed by atoms with van der Waals surface area (Å²) < 4.78 is 26.1. The van der Waals surface area contributed by atoms with Crippen molar-refractivity contribution in [3.63, 3.8) is 0 Å². The number of benzene rings is 1. The van der Waals surface area contributed by atoms with E-state index in [2.05, 4.69) is 10.6 Å². The number of nitrogens with zero attached hydrogens (tertiary/aromatic N) is 1. The van der Waals surface area contributed by atoms with Crippen molar-refractivity contribution < 1.29 is 13.6 Å². The van der Waals surface area contributed by atoms with E-state index in [0.717, 1.165) is 31.6 Å². The van der Waals surface area contributed by atoms with Crippen molar-refractivity contribution in [3.8, 4) is 0 Å². The van der Waals surface area contributed by atoms with E-state index in [1.807, 2.05) is 11.9 Å². The number of likely N-dealkylation sites (tertiary alicyclic amines) is 1.